The monoisotopic (exact) mass is 221 g/mol. The first-order valence-corrected chi connectivity index (χ1v) is 6.15. The van der Waals surface area contributed by atoms with Gasteiger partial charge in [0, 0.05) is 19.2 Å². The Bertz CT molecular complexity index is 281. The number of nitrogens with one attached hydrogen (secondary N) is 1. The predicted molar refractivity (Wildman–Crippen MR) is 68.6 cm³/mol. The fourth-order valence-corrected chi connectivity index (χ4v) is 1.54. The maximum atomic E-state index is 5.36. The summed E-state index contributed by atoms with van der Waals surface area (Å²) in [6.45, 7) is 8.84. The van der Waals surface area contributed by atoms with Crippen molar-refractivity contribution >= 4 is 0 Å². The summed E-state index contributed by atoms with van der Waals surface area (Å²) in [7, 11) is 0. The largest absolute Gasteiger partial charge is 0.380 e. The van der Waals surface area contributed by atoms with Crippen molar-refractivity contribution < 1.29 is 4.74 Å². The lowest BCUT2D eigenvalue weighted by Gasteiger charge is -2.13. The van der Waals surface area contributed by atoms with E-state index in [0.717, 1.165) is 26.2 Å². The first-order chi connectivity index (χ1) is 7.76. The molecule has 90 valence electrons. The number of hydrogen-bond donors (Lipinski definition) is 1. The minimum Gasteiger partial charge on any atom is -0.380 e. The Labute approximate surface area is 99.0 Å². The fourth-order valence-electron chi connectivity index (χ4n) is 1.54. The molecular formula is C14H23NO. The molecule has 1 aromatic rings. The Hall–Kier alpha value is -0.860. The maximum Gasteiger partial charge on any atom is 0.0616 e. The standard InChI is InChI=1S/C14H23NO/c1-4-13-6-8-14(9-7-13)10-15-12(3)11-16-5-2/h6-9,12,15H,4-5,10-11H2,1-3H3. The van der Waals surface area contributed by atoms with Gasteiger partial charge >= 0.3 is 0 Å². The highest BCUT2D eigenvalue weighted by atomic mass is 16.5. The Balaban J connectivity index is 2.30. The van der Waals surface area contributed by atoms with E-state index in [1.54, 1.807) is 0 Å². The SMILES string of the molecule is CCOCC(C)NCc1ccc(CC)cc1. The molecule has 0 saturated carbocycles. The molecule has 0 aliphatic rings. The van der Waals surface area contributed by atoms with Gasteiger partial charge in [0.2, 0.25) is 0 Å². The summed E-state index contributed by atoms with van der Waals surface area (Å²) >= 11 is 0. The van der Waals surface area contributed by atoms with Crippen LogP contribution in [0, 0.1) is 0 Å². The van der Waals surface area contributed by atoms with Gasteiger partial charge in [0.15, 0.2) is 0 Å². The predicted octanol–water partition coefficient (Wildman–Crippen LogP) is 2.76. The van der Waals surface area contributed by atoms with Gasteiger partial charge < -0.3 is 10.1 Å². The molecule has 1 rings (SSSR count). The third-order valence-electron chi connectivity index (χ3n) is 2.66. The van der Waals surface area contributed by atoms with Crippen LogP contribution in [0.5, 0.6) is 0 Å². The highest BCUT2D eigenvalue weighted by Gasteiger charge is 2.00. The molecule has 0 aromatic heterocycles. The zero-order valence-electron chi connectivity index (χ0n) is 10.6. The summed E-state index contributed by atoms with van der Waals surface area (Å²) in [6.07, 6.45) is 1.11. The Morgan fingerprint density at radius 1 is 1.12 bits per heavy atom. The molecule has 0 fully saturated rings. The Morgan fingerprint density at radius 2 is 1.75 bits per heavy atom. The molecule has 2 nitrogen and oxygen atoms in total. The molecule has 0 aliphatic heterocycles. The molecule has 0 heterocycles. The average Bonchev–Trinajstić information content (AvgIpc) is 2.34. The quantitative estimate of drug-likeness (QED) is 0.764. The molecule has 0 aliphatic carbocycles. The third kappa shape index (κ3) is 4.77. The zero-order valence-corrected chi connectivity index (χ0v) is 10.6. The van der Waals surface area contributed by atoms with E-state index in [9.17, 15) is 0 Å². The molecule has 0 amide bonds. The smallest absolute Gasteiger partial charge is 0.0616 e. The minimum absolute atomic E-state index is 0.408. The highest BCUT2D eigenvalue weighted by molar-refractivity contribution is 5.22. The van der Waals surface area contributed by atoms with Crippen LogP contribution in [0.25, 0.3) is 0 Å². The van der Waals surface area contributed by atoms with Crippen LogP contribution >= 0.6 is 0 Å². The molecule has 0 radical (unpaired) electrons. The van der Waals surface area contributed by atoms with Crippen molar-refractivity contribution in [1.82, 2.24) is 5.32 Å². The molecule has 0 bridgehead atoms. The van der Waals surface area contributed by atoms with Crippen molar-refractivity contribution in [3.8, 4) is 0 Å². The van der Waals surface area contributed by atoms with Crippen LogP contribution in [-0.4, -0.2) is 19.3 Å². The van der Waals surface area contributed by atoms with E-state index in [4.69, 9.17) is 4.74 Å². The number of hydrogen-bond acceptors (Lipinski definition) is 2. The molecule has 0 saturated heterocycles. The van der Waals surface area contributed by atoms with Crippen LogP contribution in [0.2, 0.25) is 0 Å². The van der Waals surface area contributed by atoms with Crippen molar-refractivity contribution in [2.75, 3.05) is 13.2 Å². The topological polar surface area (TPSA) is 21.3 Å². The Kier molecular flexibility index (Phi) is 6.12. The van der Waals surface area contributed by atoms with Crippen LogP contribution in [0.4, 0.5) is 0 Å². The summed E-state index contributed by atoms with van der Waals surface area (Å²) in [4.78, 5) is 0. The molecule has 1 aromatic carbocycles. The number of benzene rings is 1. The molecular weight excluding hydrogens is 198 g/mol. The van der Waals surface area contributed by atoms with Gasteiger partial charge in [-0.15, -0.1) is 0 Å². The lowest BCUT2D eigenvalue weighted by Crippen LogP contribution is -2.30. The number of rotatable bonds is 7. The first kappa shape index (κ1) is 13.2. The van der Waals surface area contributed by atoms with E-state index >= 15 is 0 Å². The van der Waals surface area contributed by atoms with Crippen molar-refractivity contribution in [2.45, 2.75) is 39.8 Å². The fraction of sp³-hybridized carbons (Fsp3) is 0.571. The molecule has 2 heteroatoms. The van der Waals surface area contributed by atoms with Crippen LogP contribution in [0.15, 0.2) is 24.3 Å². The van der Waals surface area contributed by atoms with Crippen molar-refractivity contribution in [2.24, 2.45) is 0 Å². The molecule has 0 spiro atoms. The van der Waals surface area contributed by atoms with Gasteiger partial charge in [-0.25, -0.2) is 0 Å². The second kappa shape index (κ2) is 7.42. The molecule has 1 atom stereocenters. The summed E-state index contributed by atoms with van der Waals surface area (Å²) < 4.78 is 5.36. The molecule has 16 heavy (non-hydrogen) atoms. The lowest BCUT2D eigenvalue weighted by molar-refractivity contribution is 0.127. The third-order valence-corrected chi connectivity index (χ3v) is 2.66. The molecule has 1 unspecified atom stereocenters. The van der Waals surface area contributed by atoms with Gasteiger partial charge in [-0.05, 0) is 31.4 Å². The summed E-state index contributed by atoms with van der Waals surface area (Å²) in [5.41, 5.74) is 2.73. The van der Waals surface area contributed by atoms with Gasteiger partial charge in [-0.1, -0.05) is 31.2 Å². The first-order valence-electron chi connectivity index (χ1n) is 6.15. The van der Waals surface area contributed by atoms with E-state index in [1.165, 1.54) is 11.1 Å². The highest BCUT2D eigenvalue weighted by Crippen LogP contribution is 2.05. The van der Waals surface area contributed by atoms with Crippen LogP contribution in [0.1, 0.15) is 31.9 Å². The Morgan fingerprint density at radius 3 is 2.31 bits per heavy atom. The lowest BCUT2D eigenvalue weighted by atomic mass is 10.1. The van der Waals surface area contributed by atoms with E-state index in [1.807, 2.05) is 6.92 Å². The normalized spacial score (nSPS) is 12.7. The number of aryl methyl sites for hydroxylation is 1. The summed E-state index contributed by atoms with van der Waals surface area (Å²) in [6, 6.07) is 9.19. The van der Waals surface area contributed by atoms with Crippen LogP contribution < -0.4 is 5.32 Å². The van der Waals surface area contributed by atoms with Gasteiger partial charge in [0.05, 0.1) is 6.61 Å². The van der Waals surface area contributed by atoms with Gasteiger partial charge in [-0.2, -0.15) is 0 Å². The van der Waals surface area contributed by atoms with Crippen LogP contribution in [-0.2, 0) is 17.7 Å². The van der Waals surface area contributed by atoms with E-state index < -0.39 is 0 Å². The summed E-state index contributed by atoms with van der Waals surface area (Å²) in [5, 5.41) is 3.45. The summed E-state index contributed by atoms with van der Waals surface area (Å²) in [5.74, 6) is 0. The second-order valence-corrected chi connectivity index (χ2v) is 4.11. The van der Waals surface area contributed by atoms with Gasteiger partial charge in [-0.3, -0.25) is 0 Å². The zero-order chi connectivity index (χ0) is 11.8. The van der Waals surface area contributed by atoms with Crippen LogP contribution in [0.3, 0.4) is 0 Å². The van der Waals surface area contributed by atoms with Crippen molar-refractivity contribution in [1.29, 1.82) is 0 Å². The van der Waals surface area contributed by atoms with Gasteiger partial charge in [0.25, 0.3) is 0 Å². The minimum atomic E-state index is 0.408. The van der Waals surface area contributed by atoms with E-state index in [0.29, 0.717) is 6.04 Å². The average molecular weight is 221 g/mol. The van der Waals surface area contributed by atoms with E-state index in [2.05, 4.69) is 43.4 Å². The maximum absolute atomic E-state index is 5.36. The molecule has 1 N–H and O–H groups in total. The second-order valence-electron chi connectivity index (χ2n) is 4.11. The number of ether oxygens (including phenoxy) is 1. The van der Waals surface area contributed by atoms with Gasteiger partial charge in [0.1, 0.15) is 0 Å². The van der Waals surface area contributed by atoms with E-state index in [-0.39, 0.29) is 0 Å². The van der Waals surface area contributed by atoms with Crippen molar-refractivity contribution in [3.63, 3.8) is 0 Å². The van der Waals surface area contributed by atoms with Crippen molar-refractivity contribution in [3.05, 3.63) is 35.4 Å².